The van der Waals surface area contributed by atoms with Crippen LogP contribution in [-0.4, -0.2) is 45.2 Å². The average Bonchev–Trinajstić information content (AvgIpc) is 3.00. The van der Waals surface area contributed by atoms with Gasteiger partial charge in [-0.15, -0.1) is 0 Å². The molecular weight excluding hydrogens is 457 g/mol. The van der Waals surface area contributed by atoms with Gasteiger partial charge in [0.2, 0.25) is 10.0 Å². The van der Waals surface area contributed by atoms with Crippen LogP contribution in [0.4, 0.5) is 24.7 Å². The number of hydrogen-bond acceptors (Lipinski definition) is 7. The number of alkyl halides is 3. The highest BCUT2D eigenvalue weighted by Crippen LogP contribution is 2.32. The molecule has 0 aliphatic carbocycles. The van der Waals surface area contributed by atoms with Crippen molar-refractivity contribution in [3.63, 3.8) is 0 Å². The molecule has 0 saturated heterocycles. The van der Waals surface area contributed by atoms with E-state index in [2.05, 4.69) is 9.71 Å². The van der Waals surface area contributed by atoms with Crippen molar-refractivity contribution in [3.05, 3.63) is 60.1 Å². The van der Waals surface area contributed by atoms with Crippen LogP contribution in [0.25, 0.3) is 0 Å². The molecular formula is C18H19F3N4O4S2. The van der Waals surface area contributed by atoms with Gasteiger partial charge in [0.25, 0.3) is 9.84 Å². The van der Waals surface area contributed by atoms with Crippen molar-refractivity contribution in [1.82, 2.24) is 9.88 Å². The molecule has 0 saturated carbocycles. The number of rotatable bonds is 6. The summed E-state index contributed by atoms with van der Waals surface area (Å²) in [6.07, 6.45) is 4.29. The average molecular weight is 477 g/mol. The molecule has 1 aliphatic rings. The minimum absolute atomic E-state index is 0.194. The van der Waals surface area contributed by atoms with Gasteiger partial charge in [0.1, 0.15) is 5.82 Å². The topological polar surface area (TPSA) is 99.7 Å². The van der Waals surface area contributed by atoms with E-state index in [1.807, 2.05) is 11.8 Å². The van der Waals surface area contributed by atoms with Gasteiger partial charge in [-0.3, -0.25) is 4.72 Å². The van der Waals surface area contributed by atoms with Crippen molar-refractivity contribution in [3.8, 4) is 0 Å². The van der Waals surface area contributed by atoms with E-state index in [0.29, 0.717) is 18.9 Å². The lowest BCUT2D eigenvalue weighted by atomic mass is 10.2. The molecule has 168 valence electrons. The Morgan fingerprint density at radius 1 is 1.10 bits per heavy atom. The molecule has 0 bridgehead atoms. The largest absolute Gasteiger partial charge is 0.501 e. The zero-order valence-corrected chi connectivity index (χ0v) is 18.1. The fourth-order valence-corrected chi connectivity index (χ4v) is 4.22. The maximum absolute atomic E-state index is 12.7. The predicted molar refractivity (Wildman–Crippen MR) is 109 cm³/mol. The Bertz CT molecular complexity index is 1210. The maximum atomic E-state index is 12.7. The van der Waals surface area contributed by atoms with E-state index in [4.69, 9.17) is 0 Å². The van der Waals surface area contributed by atoms with E-state index in [1.165, 1.54) is 18.3 Å². The molecule has 1 aromatic carbocycles. The zero-order chi connectivity index (χ0) is 23.0. The third-order valence-corrected chi connectivity index (χ3v) is 6.52. The number of sulfone groups is 1. The summed E-state index contributed by atoms with van der Waals surface area (Å²) >= 11 is 0. The van der Waals surface area contributed by atoms with Crippen LogP contribution in [0, 0.1) is 0 Å². The van der Waals surface area contributed by atoms with Gasteiger partial charge in [-0.1, -0.05) is 0 Å². The third-order valence-electron chi connectivity index (χ3n) is 4.44. The van der Waals surface area contributed by atoms with Gasteiger partial charge in [0.05, 0.1) is 17.8 Å². The summed E-state index contributed by atoms with van der Waals surface area (Å²) in [5.41, 5.74) is -3.17. The lowest BCUT2D eigenvalue weighted by molar-refractivity contribution is -0.0436. The Labute approximate surface area is 178 Å². The molecule has 1 aliphatic heterocycles. The molecule has 31 heavy (non-hydrogen) atoms. The van der Waals surface area contributed by atoms with Crippen LogP contribution in [0.3, 0.4) is 0 Å². The Morgan fingerprint density at radius 3 is 2.32 bits per heavy atom. The van der Waals surface area contributed by atoms with E-state index in [9.17, 15) is 30.0 Å². The van der Waals surface area contributed by atoms with Crippen molar-refractivity contribution in [2.45, 2.75) is 23.9 Å². The summed E-state index contributed by atoms with van der Waals surface area (Å²) in [4.78, 5) is 6.87. The van der Waals surface area contributed by atoms with Gasteiger partial charge in [0.15, 0.2) is 0 Å². The van der Waals surface area contributed by atoms with Crippen molar-refractivity contribution >= 4 is 31.4 Å². The quantitative estimate of drug-likeness (QED) is 0.684. The van der Waals surface area contributed by atoms with Gasteiger partial charge in [-0.25, -0.2) is 21.8 Å². The molecule has 0 amide bonds. The van der Waals surface area contributed by atoms with Gasteiger partial charge in [0, 0.05) is 30.3 Å². The molecule has 0 unspecified atom stereocenters. The van der Waals surface area contributed by atoms with Gasteiger partial charge in [-0.05, 0) is 48.9 Å². The first-order valence-corrected chi connectivity index (χ1v) is 12.2. The Hall–Kier alpha value is -2.80. The Kier molecular flexibility index (Phi) is 5.93. The highest BCUT2D eigenvalue weighted by atomic mass is 32.2. The number of allylic oxidation sites excluding steroid dienone is 1. The summed E-state index contributed by atoms with van der Waals surface area (Å²) in [7, 11) is -8.85. The number of benzene rings is 1. The monoisotopic (exact) mass is 476 g/mol. The van der Waals surface area contributed by atoms with Crippen LogP contribution in [-0.2, 0) is 26.4 Å². The van der Waals surface area contributed by atoms with Crippen LogP contribution < -0.4 is 9.62 Å². The molecule has 2 aromatic rings. The van der Waals surface area contributed by atoms with E-state index < -0.39 is 30.3 Å². The summed E-state index contributed by atoms with van der Waals surface area (Å²) < 4.78 is 86.1. The number of sulfonamides is 1. The lowest BCUT2D eigenvalue weighted by Crippen LogP contribution is -2.26. The van der Waals surface area contributed by atoms with Gasteiger partial charge < -0.3 is 9.80 Å². The molecule has 0 radical (unpaired) electrons. The normalized spacial score (nSPS) is 15.2. The summed E-state index contributed by atoms with van der Waals surface area (Å²) in [6.45, 7) is 2.65. The van der Waals surface area contributed by atoms with Gasteiger partial charge in [-0.2, -0.15) is 13.2 Å². The third kappa shape index (κ3) is 5.28. The highest BCUT2D eigenvalue weighted by molar-refractivity contribution is 7.92. The number of halogens is 3. The molecule has 3 rings (SSSR count). The molecule has 8 nitrogen and oxygen atoms in total. The minimum atomic E-state index is -5.40. The molecule has 2 heterocycles. The molecule has 0 spiro atoms. The molecule has 1 aromatic heterocycles. The predicted octanol–water partition coefficient (Wildman–Crippen LogP) is 2.89. The van der Waals surface area contributed by atoms with Crippen LogP contribution in [0.2, 0.25) is 0 Å². The zero-order valence-electron chi connectivity index (χ0n) is 16.5. The fourth-order valence-electron chi connectivity index (χ4n) is 2.96. The number of pyridine rings is 1. The standard InChI is InChI=1S/C18H19F3N4O4S2/c1-13-10-25(15-3-5-16(6-4-15)31(28,29)18(19,20)21)12-24(13)11-14-7-8-22-17(9-14)23-30(2,26)27/h3-10H,11-12H2,1-2H3,(H,22,23). The first-order chi connectivity index (χ1) is 14.3. The van der Waals surface area contributed by atoms with Crippen LogP contribution in [0.1, 0.15) is 12.5 Å². The molecule has 1 N–H and O–H groups in total. The van der Waals surface area contributed by atoms with Crippen molar-refractivity contribution in [2.24, 2.45) is 0 Å². The van der Waals surface area contributed by atoms with Crippen LogP contribution in [0.5, 0.6) is 0 Å². The van der Waals surface area contributed by atoms with Crippen LogP contribution in [0.15, 0.2) is 59.4 Å². The summed E-state index contributed by atoms with van der Waals surface area (Å²) in [5.74, 6) is 0.194. The van der Waals surface area contributed by atoms with Crippen molar-refractivity contribution < 1.29 is 30.0 Å². The molecule has 0 atom stereocenters. The first kappa shape index (κ1) is 22.9. The van der Waals surface area contributed by atoms with Crippen molar-refractivity contribution in [1.29, 1.82) is 0 Å². The van der Waals surface area contributed by atoms with E-state index in [1.54, 1.807) is 23.2 Å². The molecule has 13 heteroatoms. The second-order valence-electron chi connectivity index (χ2n) is 6.95. The minimum Gasteiger partial charge on any atom is -0.351 e. The SMILES string of the molecule is CC1=CN(c2ccc(S(=O)(=O)C(F)(F)F)cc2)CN1Cc1ccnc(NS(C)(=O)=O)c1. The van der Waals surface area contributed by atoms with E-state index in [-0.39, 0.29) is 5.82 Å². The Morgan fingerprint density at radius 2 is 1.74 bits per heavy atom. The first-order valence-electron chi connectivity index (χ1n) is 8.80. The number of nitrogens with zero attached hydrogens (tertiary/aromatic N) is 3. The fraction of sp³-hybridized carbons (Fsp3) is 0.278. The molecule has 0 fully saturated rings. The second kappa shape index (κ2) is 8.04. The van der Waals surface area contributed by atoms with E-state index >= 15 is 0 Å². The van der Waals surface area contributed by atoms with Crippen molar-refractivity contribution in [2.75, 3.05) is 22.5 Å². The summed E-state index contributed by atoms with van der Waals surface area (Å²) in [5, 5.41) is 0. The van der Waals surface area contributed by atoms with Crippen LogP contribution >= 0.6 is 0 Å². The second-order valence-corrected chi connectivity index (χ2v) is 10.6. The smallest absolute Gasteiger partial charge is 0.351 e. The summed E-state index contributed by atoms with van der Waals surface area (Å²) in [6, 6.07) is 7.82. The van der Waals surface area contributed by atoms with Gasteiger partial charge >= 0.3 is 5.51 Å². The lowest BCUT2D eigenvalue weighted by Gasteiger charge is -2.23. The number of anilines is 2. The highest BCUT2D eigenvalue weighted by Gasteiger charge is 2.46. The number of aromatic nitrogens is 1. The number of hydrogen-bond donors (Lipinski definition) is 1. The Balaban J connectivity index is 1.73. The van der Waals surface area contributed by atoms with E-state index in [0.717, 1.165) is 29.6 Å². The maximum Gasteiger partial charge on any atom is 0.501 e. The number of nitrogens with one attached hydrogen (secondary N) is 1.